The van der Waals surface area contributed by atoms with Crippen molar-refractivity contribution < 1.29 is 71.7 Å². The maximum Gasteiger partial charge on any atom is 0.374 e. The van der Waals surface area contributed by atoms with Gasteiger partial charge in [-0.2, -0.15) is 26.3 Å². The van der Waals surface area contributed by atoms with E-state index in [9.17, 15) is 61.5 Å². The van der Waals surface area contributed by atoms with Gasteiger partial charge in [0.25, 0.3) is 11.6 Å². The van der Waals surface area contributed by atoms with Crippen LogP contribution in [0.3, 0.4) is 0 Å². The Bertz CT molecular complexity index is 627. The van der Waals surface area contributed by atoms with Crippen LogP contribution in [0.1, 0.15) is 0 Å². The van der Waals surface area contributed by atoms with Gasteiger partial charge in [-0.05, 0) is 0 Å². The smallest absolute Gasteiger partial charge is 0.374 e. The number of halogens is 14. The molecule has 2 bridgehead atoms. The lowest BCUT2D eigenvalue weighted by Crippen LogP contribution is -2.97. The zero-order valence-corrected chi connectivity index (χ0v) is 12.8. The van der Waals surface area contributed by atoms with Crippen molar-refractivity contribution in [3.05, 3.63) is 0 Å². The van der Waals surface area contributed by atoms with Crippen molar-refractivity contribution >= 4 is 0 Å². The minimum Gasteiger partial charge on any atom is -0.395 e. The fourth-order valence-electron chi connectivity index (χ4n) is 3.92. The molecule has 0 aliphatic heterocycles. The van der Waals surface area contributed by atoms with E-state index in [1.54, 1.807) is 0 Å². The molecule has 2 nitrogen and oxygen atoms in total. The predicted molar refractivity (Wildman–Crippen MR) is 58.5 cm³/mol. The normalized spacial score (nSPS) is 44.1. The minimum absolute atomic E-state index is 3.66. The number of fused-ring (bicyclic) bond motifs is 2. The van der Waals surface area contributed by atoms with Crippen molar-refractivity contribution in [3.8, 4) is 0 Å². The van der Waals surface area contributed by atoms with Crippen molar-refractivity contribution in [3.63, 3.8) is 0 Å². The van der Waals surface area contributed by atoms with E-state index >= 15 is 0 Å². The molecular weight excluding hydrogens is 442 g/mol. The summed E-state index contributed by atoms with van der Waals surface area (Å²) in [5.41, 5.74) is -20.0. The van der Waals surface area contributed by atoms with Crippen molar-refractivity contribution in [2.75, 3.05) is 19.9 Å². The molecule has 2 aliphatic rings. The SMILES string of the molecule is OCC12C(F)(F)C(F)(F)C(F)(F)C(CO)(C(F)(F)C(F)(CF)C1(F)F)C2(F)F. The van der Waals surface area contributed by atoms with Gasteiger partial charge >= 0.3 is 29.6 Å². The summed E-state index contributed by atoms with van der Waals surface area (Å²) in [4.78, 5) is 0. The van der Waals surface area contributed by atoms with Crippen LogP contribution in [0.5, 0.6) is 0 Å². The number of alkyl halides is 14. The highest BCUT2D eigenvalue weighted by atomic mass is 19.4. The average molecular weight is 450 g/mol. The molecule has 0 amide bonds. The number of aliphatic hydroxyl groups excluding tert-OH is 2. The summed E-state index contributed by atoms with van der Waals surface area (Å²) < 4.78 is 197. The van der Waals surface area contributed by atoms with Gasteiger partial charge in [0.05, 0.1) is 13.2 Å². The number of aliphatic hydroxyl groups is 2. The van der Waals surface area contributed by atoms with E-state index in [4.69, 9.17) is 10.2 Å². The van der Waals surface area contributed by atoms with Crippen LogP contribution in [-0.4, -0.2) is 71.3 Å². The maximum atomic E-state index is 14.6. The van der Waals surface area contributed by atoms with Crippen molar-refractivity contribution in [2.45, 2.75) is 41.2 Å². The van der Waals surface area contributed by atoms with Crippen molar-refractivity contribution in [2.24, 2.45) is 10.8 Å². The van der Waals surface area contributed by atoms with Crippen LogP contribution in [0.2, 0.25) is 0 Å². The standard InChI is InChI=1S/C12H8F14O2/c13-1-6(14)8(17,18)4(2-27)7(15,16)5(3-28,9(6,19)20)11(23,24)12(25,26)10(4,21)22/h27-28H,1-3H2. The lowest BCUT2D eigenvalue weighted by atomic mass is 9.42. The fraction of sp³-hybridized carbons (Fsp3) is 1.00. The monoisotopic (exact) mass is 450 g/mol. The van der Waals surface area contributed by atoms with Crippen molar-refractivity contribution in [1.29, 1.82) is 0 Å². The molecule has 0 spiro atoms. The molecule has 0 aromatic rings. The number of hydrogen-bond acceptors (Lipinski definition) is 2. The molecule has 2 unspecified atom stereocenters. The lowest BCUT2D eigenvalue weighted by Gasteiger charge is -2.69. The molecule has 0 heterocycles. The lowest BCUT2D eigenvalue weighted by molar-refractivity contribution is -0.565. The van der Waals surface area contributed by atoms with Gasteiger partial charge in [0.1, 0.15) is 6.67 Å². The molecule has 16 heteroatoms. The predicted octanol–water partition coefficient (Wildman–Crippen LogP) is 3.46. The third kappa shape index (κ3) is 1.49. The average Bonchev–Trinajstić information content (AvgIpc) is 2.51. The first-order chi connectivity index (χ1) is 12.2. The highest BCUT2D eigenvalue weighted by Gasteiger charge is 3.11. The Morgan fingerprint density at radius 2 is 0.714 bits per heavy atom. The second kappa shape index (κ2) is 5.16. The largest absolute Gasteiger partial charge is 0.395 e. The Morgan fingerprint density at radius 1 is 0.429 bits per heavy atom. The van der Waals surface area contributed by atoms with Gasteiger partial charge in [-0.3, -0.25) is 0 Å². The molecule has 2 fully saturated rings. The Kier molecular flexibility index (Phi) is 4.28. The van der Waals surface area contributed by atoms with Crippen LogP contribution in [0, 0.1) is 10.8 Å². The molecule has 0 aromatic carbocycles. The number of hydrogen-bond donors (Lipinski definition) is 2. The molecule has 2 rings (SSSR count). The van der Waals surface area contributed by atoms with Crippen molar-refractivity contribution in [1.82, 2.24) is 0 Å². The van der Waals surface area contributed by atoms with E-state index in [1.165, 1.54) is 0 Å². The first kappa shape index (κ1) is 23.2. The van der Waals surface area contributed by atoms with Crippen LogP contribution >= 0.6 is 0 Å². The van der Waals surface area contributed by atoms with Crippen LogP contribution in [0.15, 0.2) is 0 Å². The van der Waals surface area contributed by atoms with Gasteiger partial charge < -0.3 is 10.2 Å². The third-order valence-corrected chi connectivity index (χ3v) is 5.66. The highest BCUT2D eigenvalue weighted by molar-refractivity contribution is 5.40. The molecule has 166 valence electrons. The van der Waals surface area contributed by atoms with E-state index in [0.29, 0.717) is 0 Å². The highest BCUT2D eigenvalue weighted by Crippen LogP contribution is 2.84. The molecule has 0 saturated heterocycles. The second-order valence-electron chi connectivity index (χ2n) is 6.51. The summed E-state index contributed by atoms with van der Waals surface area (Å²) in [7, 11) is 0. The first-order valence-electron chi connectivity index (χ1n) is 6.92. The molecular formula is C12H8F14O2. The van der Waals surface area contributed by atoms with Crippen LogP contribution in [0.25, 0.3) is 0 Å². The molecule has 28 heavy (non-hydrogen) atoms. The fourth-order valence-corrected chi connectivity index (χ4v) is 3.92. The number of rotatable bonds is 3. The molecule has 0 radical (unpaired) electrons. The van der Waals surface area contributed by atoms with Gasteiger partial charge in [-0.1, -0.05) is 0 Å². The zero-order valence-electron chi connectivity index (χ0n) is 12.8. The quantitative estimate of drug-likeness (QED) is 0.647. The maximum absolute atomic E-state index is 14.6. The summed E-state index contributed by atoms with van der Waals surface area (Å²) in [5.74, 6) is -44.1. The zero-order chi connectivity index (χ0) is 22.6. The molecule has 2 saturated carbocycles. The van der Waals surface area contributed by atoms with Gasteiger partial charge in [-0.25, -0.2) is 35.1 Å². The van der Waals surface area contributed by atoms with Gasteiger partial charge in [0.2, 0.25) is 0 Å². The van der Waals surface area contributed by atoms with E-state index in [0.717, 1.165) is 0 Å². The third-order valence-electron chi connectivity index (χ3n) is 5.66. The Labute approximate surface area is 145 Å². The summed E-state index contributed by atoms with van der Waals surface area (Å²) in [6.45, 7) is -11.2. The van der Waals surface area contributed by atoms with E-state index in [2.05, 4.69) is 0 Å². The first-order valence-corrected chi connectivity index (χ1v) is 6.92. The Balaban J connectivity index is 3.30. The summed E-state index contributed by atoms with van der Waals surface area (Å²) in [6, 6.07) is 0. The van der Waals surface area contributed by atoms with E-state index in [-0.39, 0.29) is 0 Å². The molecule has 0 aromatic heterocycles. The minimum atomic E-state index is -7.49. The molecule has 2 atom stereocenters. The van der Waals surface area contributed by atoms with Crippen LogP contribution in [0.4, 0.5) is 61.5 Å². The van der Waals surface area contributed by atoms with E-state index in [1.807, 2.05) is 0 Å². The summed E-state index contributed by atoms with van der Waals surface area (Å²) >= 11 is 0. The topological polar surface area (TPSA) is 40.5 Å². The van der Waals surface area contributed by atoms with E-state index < -0.39 is 71.9 Å². The second-order valence-corrected chi connectivity index (χ2v) is 6.51. The van der Waals surface area contributed by atoms with Crippen LogP contribution < -0.4 is 0 Å². The van der Waals surface area contributed by atoms with Gasteiger partial charge in [0.15, 0.2) is 10.8 Å². The molecule has 2 N–H and O–H groups in total. The summed E-state index contributed by atoms with van der Waals surface area (Å²) in [6.07, 6.45) is 0. The molecule has 2 aliphatic carbocycles. The Hall–Kier alpha value is -1.06. The van der Waals surface area contributed by atoms with Gasteiger partial charge in [-0.15, -0.1) is 0 Å². The van der Waals surface area contributed by atoms with Gasteiger partial charge in [0, 0.05) is 0 Å². The summed E-state index contributed by atoms with van der Waals surface area (Å²) in [5, 5.41) is 17.6. The van der Waals surface area contributed by atoms with Crippen LogP contribution in [-0.2, 0) is 0 Å². The Morgan fingerprint density at radius 3 is 0.929 bits per heavy atom.